The molecule has 96 valence electrons. The molecule has 0 radical (unpaired) electrons. The van der Waals surface area contributed by atoms with E-state index in [1.54, 1.807) is 6.07 Å². The third kappa shape index (κ3) is 2.87. The Labute approximate surface area is 106 Å². The average Bonchev–Trinajstić information content (AvgIpc) is 2.77. The van der Waals surface area contributed by atoms with Crippen molar-refractivity contribution >= 4 is 17.0 Å². The molecule has 0 aliphatic heterocycles. The van der Waals surface area contributed by atoms with Crippen LogP contribution in [-0.2, 0) is 0 Å². The van der Waals surface area contributed by atoms with E-state index in [2.05, 4.69) is 15.6 Å². The van der Waals surface area contributed by atoms with Crippen LogP contribution in [0, 0.1) is 6.92 Å². The fourth-order valence-corrected chi connectivity index (χ4v) is 1.67. The van der Waals surface area contributed by atoms with E-state index in [0.29, 0.717) is 23.4 Å². The van der Waals surface area contributed by atoms with Crippen LogP contribution in [0.25, 0.3) is 11.1 Å². The number of amides is 1. The predicted molar refractivity (Wildman–Crippen MR) is 69.6 cm³/mol. The maximum Gasteiger partial charge on any atom is 0.287 e. The fourth-order valence-electron chi connectivity index (χ4n) is 1.67. The Hall–Kier alpha value is -1.88. The normalized spacial score (nSPS) is 10.8. The van der Waals surface area contributed by atoms with E-state index >= 15 is 0 Å². The second kappa shape index (κ2) is 5.64. The summed E-state index contributed by atoms with van der Waals surface area (Å²) in [6.07, 6.45) is 0. The molecule has 0 saturated heterocycles. The number of nitrogens with one attached hydrogen (secondary N) is 2. The lowest BCUT2D eigenvalue weighted by molar-refractivity contribution is 0.0928. The summed E-state index contributed by atoms with van der Waals surface area (Å²) in [5.74, 6) is 0.100. The molecular formula is C13H17N3O2. The van der Waals surface area contributed by atoms with E-state index in [0.717, 1.165) is 18.8 Å². The summed E-state index contributed by atoms with van der Waals surface area (Å²) in [4.78, 5) is 16.1. The van der Waals surface area contributed by atoms with Crippen molar-refractivity contribution in [1.82, 2.24) is 15.6 Å². The molecule has 2 aromatic rings. The lowest BCUT2D eigenvalue weighted by Gasteiger charge is -2.02. The number of aromatic nitrogens is 1. The molecule has 0 saturated carbocycles. The first-order valence-electron chi connectivity index (χ1n) is 6.07. The number of likely N-dealkylation sites (N-methyl/N-ethyl adjacent to an activating group) is 1. The van der Waals surface area contributed by atoms with Gasteiger partial charge in [0.1, 0.15) is 5.52 Å². The molecule has 18 heavy (non-hydrogen) atoms. The number of furan rings is 1. The molecule has 0 unspecified atom stereocenters. The molecule has 5 nitrogen and oxygen atoms in total. The van der Waals surface area contributed by atoms with E-state index in [4.69, 9.17) is 4.42 Å². The third-order valence-corrected chi connectivity index (χ3v) is 2.57. The quantitative estimate of drug-likeness (QED) is 0.785. The number of fused-ring (bicyclic) bond motifs is 1. The molecule has 2 N–H and O–H groups in total. The van der Waals surface area contributed by atoms with Crippen LogP contribution in [0.5, 0.6) is 0 Å². The minimum absolute atomic E-state index is 0.205. The van der Waals surface area contributed by atoms with Crippen molar-refractivity contribution in [3.8, 4) is 0 Å². The number of carbonyl (C=O) groups excluding carboxylic acids is 1. The predicted octanol–water partition coefficient (Wildman–Crippen LogP) is 1.48. The summed E-state index contributed by atoms with van der Waals surface area (Å²) in [6, 6.07) is 5.36. The highest BCUT2D eigenvalue weighted by atomic mass is 16.3. The van der Waals surface area contributed by atoms with Crippen LogP contribution in [0.15, 0.2) is 22.6 Å². The zero-order valence-corrected chi connectivity index (χ0v) is 10.6. The zero-order valence-electron chi connectivity index (χ0n) is 10.6. The minimum atomic E-state index is -0.205. The lowest BCUT2D eigenvalue weighted by Crippen LogP contribution is -2.31. The van der Waals surface area contributed by atoms with Crippen LogP contribution in [0.3, 0.4) is 0 Å². The molecule has 0 aliphatic carbocycles. The van der Waals surface area contributed by atoms with Crippen LogP contribution in [0.2, 0.25) is 0 Å². The maximum atomic E-state index is 11.8. The molecule has 0 spiro atoms. The molecular weight excluding hydrogens is 230 g/mol. The van der Waals surface area contributed by atoms with E-state index in [1.807, 2.05) is 26.0 Å². The Morgan fingerprint density at radius 1 is 1.39 bits per heavy atom. The van der Waals surface area contributed by atoms with Gasteiger partial charge in [-0.3, -0.25) is 4.79 Å². The highest BCUT2D eigenvalue weighted by Crippen LogP contribution is 2.17. The van der Waals surface area contributed by atoms with E-state index in [9.17, 15) is 4.79 Å². The Balaban J connectivity index is 2.04. The summed E-state index contributed by atoms with van der Waals surface area (Å²) < 4.78 is 5.45. The molecule has 0 bridgehead atoms. The molecule has 1 amide bonds. The van der Waals surface area contributed by atoms with Gasteiger partial charge < -0.3 is 15.1 Å². The van der Waals surface area contributed by atoms with Gasteiger partial charge in [0.2, 0.25) is 0 Å². The van der Waals surface area contributed by atoms with Gasteiger partial charge in [-0.25, -0.2) is 4.98 Å². The number of aryl methyl sites for hydroxylation is 1. The van der Waals surface area contributed by atoms with Gasteiger partial charge in [0.25, 0.3) is 5.91 Å². The van der Waals surface area contributed by atoms with E-state index in [1.165, 1.54) is 0 Å². The number of pyridine rings is 1. The van der Waals surface area contributed by atoms with Gasteiger partial charge in [0.05, 0.1) is 0 Å². The first kappa shape index (κ1) is 12.6. The van der Waals surface area contributed by atoms with Crippen molar-refractivity contribution in [3.05, 3.63) is 29.7 Å². The second-order valence-corrected chi connectivity index (χ2v) is 4.06. The summed E-state index contributed by atoms with van der Waals surface area (Å²) in [5, 5.41) is 5.92. The van der Waals surface area contributed by atoms with Gasteiger partial charge in [0.15, 0.2) is 11.3 Å². The average molecular weight is 247 g/mol. The van der Waals surface area contributed by atoms with Crippen molar-refractivity contribution in [2.75, 3.05) is 19.6 Å². The van der Waals surface area contributed by atoms with Crippen LogP contribution in [0.1, 0.15) is 23.2 Å². The maximum absolute atomic E-state index is 11.8. The van der Waals surface area contributed by atoms with Crippen molar-refractivity contribution in [2.24, 2.45) is 0 Å². The zero-order chi connectivity index (χ0) is 13.0. The van der Waals surface area contributed by atoms with E-state index in [-0.39, 0.29) is 5.91 Å². The fraction of sp³-hybridized carbons (Fsp3) is 0.385. The monoisotopic (exact) mass is 247 g/mol. The summed E-state index contributed by atoms with van der Waals surface area (Å²) in [5.41, 5.74) is 2.26. The Morgan fingerprint density at radius 3 is 3.00 bits per heavy atom. The molecule has 0 fully saturated rings. The van der Waals surface area contributed by atoms with Crippen molar-refractivity contribution in [3.63, 3.8) is 0 Å². The Kier molecular flexibility index (Phi) is 3.94. The van der Waals surface area contributed by atoms with Gasteiger partial charge in [-0.15, -0.1) is 0 Å². The van der Waals surface area contributed by atoms with Gasteiger partial charge >= 0.3 is 0 Å². The molecule has 0 aromatic carbocycles. The number of carbonyl (C=O) groups is 1. The van der Waals surface area contributed by atoms with Crippen molar-refractivity contribution in [2.45, 2.75) is 13.8 Å². The van der Waals surface area contributed by atoms with Crippen LogP contribution >= 0.6 is 0 Å². The van der Waals surface area contributed by atoms with Gasteiger partial charge in [0, 0.05) is 24.8 Å². The van der Waals surface area contributed by atoms with Crippen LogP contribution < -0.4 is 10.6 Å². The highest BCUT2D eigenvalue weighted by Gasteiger charge is 2.12. The smallest absolute Gasteiger partial charge is 0.287 e. The number of nitrogens with zero attached hydrogens (tertiary/aromatic N) is 1. The standard InChI is InChI=1S/C13H17N3O2/c1-3-14-6-7-15-13(17)12-8-10-11(18-12)5-4-9(2)16-10/h4-5,8,14H,3,6-7H2,1-2H3,(H,15,17). The van der Waals surface area contributed by atoms with Gasteiger partial charge in [-0.1, -0.05) is 6.92 Å². The van der Waals surface area contributed by atoms with Crippen LogP contribution in [-0.4, -0.2) is 30.5 Å². The van der Waals surface area contributed by atoms with E-state index < -0.39 is 0 Å². The molecule has 0 atom stereocenters. The number of hydrogen-bond acceptors (Lipinski definition) is 4. The van der Waals surface area contributed by atoms with Crippen molar-refractivity contribution in [1.29, 1.82) is 0 Å². The first-order valence-corrected chi connectivity index (χ1v) is 6.07. The molecule has 0 aliphatic rings. The molecule has 2 rings (SSSR count). The summed E-state index contributed by atoms with van der Waals surface area (Å²) >= 11 is 0. The van der Waals surface area contributed by atoms with Crippen LogP contribution in [0.4, 0.5) is 0 Å². The Morgan fingerprint density at radius 2 is 2.22 bits per heavy atom. The first-order chi connectivity index (χ1) is 8.70. The minimum Gasteiger partial charge on any atom is -0.449 e. The Bertz CT molecular complexity index is 548. The molecule has 5 heteroatoms. The lowest BCUT2D eigenvalue weighted by atomic mass is 10.3. The topological polar surface area (TPSA) is 67.2 Å². The number of rotatable bonds is 5. The van der Waals surface area contributed by atoms with Crippen molar-refractivity contribution < 1.29 is 9.21 Å². The molecule has 2 heterocycles. The summed E-state index contributed by atoms with van der Waals surface area (Å²) in [7, 11) is 0. The second-order valence-electron chi connectivity index (χ2n) is 4.06. The summed E-state index contributed by atoms with van der Waals surface area (Å²) in [6.45, 7) is 6.15. The molecule has 2 aromatic heterocycles. The largest absolute Gasteiger partial charge is 0.449 e. The van der Waals surface area contributed by atoms with Gasteiger partial charge in [-0.05, 0) is 25.6 Å². The SMILES string of the molecule is CCNCCNC(=O)c1cc2nc(C)ccc2o1. The van der Waals surface area contributed by atoms with Gasteiger partial charge in [-0.2, -0.15) is 0 Å². The highest BCUT2D eigenvalue weighted by molar-refractivity contribution is 5.95. The third-order valence-electron chi connectivity index (χ3n) is 2.57. The number of hydrogen-bond donors (Lipinski definition) is 2.